The predicted molar refractivity (Wildman–Crippen MR) is 67.3 cm³/mol. The van der Waals surface area contributed by atoms with E-state index in [0.717, 1.165) is 11.3 Å². The van der Waals surface area contributed by atoms with E-state index < -0.39 is 5.60 Å². The molecular formula is C13H18N2O2. The highest BCUT2D eigenvalue weighted by atomic mass is 16.6. The van der Waals surface area contributed by atoms with Gasteiger partial charge in [-0.1, -0.05) is 0 Å². The minimum atomic E-state index is -0.574. The molecule has 1 aromatic rings. The third-order valence-electron chi connectivity index (χ3n) is 3.16. The lowest BCUT2D eigenvalue weighted by molar-refractivity contribution is -0.0110. The summed E-state index contributed by atoms with van der Waals surface area (Å²) < 4.78 is 5.37. The molecule has 1 atom stereocenters. The standard InChI is InChI=1S/C13H18N2O2/c1-13(8-14)7-9-6-10(15(2)3)4-5-11(9)12(16)17-13/h4-6H,7-8,14H2,1-3H3. The summed E-state index contributed by atoms with van der Waals surface area (Å²) >= 11 is 0. The molecule has 0 aromatic heterocycles. The largest absolute Gasteiger partial charge is 0.454 e. The van der Waals surface area contributed by atoms with Crippen LogP contribution in [0.15, 0.2) is 18.2 Å². The second-order valence-electron chi connectivity index (χ2n) is 4.96. The third-order valence-corrected chi connectivity index (χ3v) is 3.16. The van der Waals surface area contributed by atoms with E-state index in [-0.39, 0.29) is 5.97 Å². The minimum absolute atomic E-state index is 0.274. The maximum Gasteiger partial charge on any atom is 0.339 e. The van der Waals surface area contributed by atoms with Gasteiger partial charge in [-0.15, -0.1) is 0 Å². The number of fused-ring (bicyclic) bond motifs is 1. The Morgan fingerprint density at radius 2 is 2.18 bits per heavy atom. The molecule has 0 radical (unpaired) electrons. The molecule has 1 aliphatic rings. The highest BCUT2D eigenvalue weighted by Gasteiger charge is 2.35. The molecule has 0 aliphatic carbocycles. The Balaban J connectivity index is 2.44. The predicted octanol–water partition coefficient (Wildman–Crippen LogP) is 1.18. The summed E-state index contributed by atoms with van der Waals surface area (Å²) in [5, 5.41) is 0. The van der Waals surface area contributed by atoms with Crippen molar-refractivity contribution in [3.05, 3.63) is 29.3 Å². The SMILES string of the molecule is CN(C)c1ccc2c(c1)CC(C)(CN)OC2=O. The van der Waals surface area contributed by atoms with Gasteiger partial charge in [0.05, 0.1) is 5.56 Å². The van der Waals surface area contributed by atoms with E-state index in [4.69, 9.17) is 10.5 Å². The van der Waals surface area contributed by atoms with Crippen molar-refractivity contribution in [1.82, 2.24) is 0 Å². The molecule has 92 valence electrons. The summed E-state index contributed by atoms with van der Waals surface area (Å²) in [7, 11) is 3.95. The monoisotopic (exact) mass is 234 g/mol. The zero-order valence-electron chi connectivity index (χ0n) is 10.5. The quantitative estimate of drug-likeness (QED) is 0.781. The Morgan fingerprint density at radius 3 is 2.76 bits per heavy atom. The highest BCUT2D eigenvalue weighted by Crippen LogP contribution is 2.29. The lowest BCUT2D eigenvalue weighted by atomic mass is 9.89. The number of esters is 1. The van der Waals surface area contributed by atoms with Crippen molar-refractivity contribution in [2.75, 3.05) is 25.5 Å². The van der Waals surface area contributed by atoms with Crippen LogP contribution >= 0.6 is 0 Å². The van der Waals surface area contributed by atoms with Crippen molar-refractivity contribution in [3.63, 3.8) is 0 Å². The van der Waals surface area contributed by atoms with Crippen LogP contribution in [0.3, 0.4) is 0 Å². The van der Waals surface area contributed by atoms with E-state index in [1.807, 2.05) is 44.1 Å². The first-order valence-corrected chi connectivity index (χ1v) is 5.69. The molecule has 17 heavy (non-hydrogen) atoms. The first-order valence-electron chi connectivity index (χ1n) is 5.69. The van der Waals surface area contributed by atoms with Crippen LogP contribution in [0.4, 0.5) is 5.69 Å². The summed E-state index contributed by atoms with van der Waals surface area (Å²) in [5.41, 5.74) is 7.84. The highest BCUT2D eigenvalue weighted by molar-refractivity contribution is 5.93. The zero-order chi connectivity index (χ0) is 12.6. The Hall–Kier alpha value is -1.55. The normalized spacial score (nSPS) is 22.9. The van der Waals surface area contributed by atoms with Crippen LogP contribution in [-0.4, -0.2) is 32.2 Å². The van der Waals surface area contributed by atoms with Gasteiger partial charge in [0.15, 0.2) is 0 Å². The molecule has 1 aliphatic heterocycles. The molecular weight excluding hydrogens is 216 g/mol. The van der Waals surface area contributed by atoms with Gasteiger partial charge in [-0.3, -0.25) is 0 Å². The van der Waals surface area contributed by atoms with Crippen LogP contribution in [0, 0.1) is 0 Å². The molecule has 2 rings (SSSR count). The molecule has 4 heteroatoms. The Labute approximate surface area is 101 Å². The van der Waals surface area contributed by atoms with E-state index in [1.165, 1.54) is 0 Å². The number of nitrogens with two attached hydrogens (primary N) is 1. The van der Waals surface area contributed by atoms with Crippen molar-refractivity contribution in [1.29, 1.82) is 0 Å². The summed E-state index contributed by atoms with van der Waals surface area (Å²) in [6, 6.07) is 5.78. The number of ether oxygens (including phenoxy) is 1. The maximum atomic E-state index is 11.8. The molecule has 0 bridgehead atoms. The van der Waals surface area contributed by atoms with Crippen molar-refractivity contribution in [2.45, 2.75) is 18.9 Å². The van der Waals surface area contributed by atoms with Gasteiger partial charge < -0.3 is 15.4 Å². The van der Waals surface area contributed by atoms with Crippen LogP contribution in [0.25, 0.3) is 0 Å². The van der Waals surface area contributed by atoms with Crippen molar-refractivity contribution >= 4 is 11.7 Å². The molecule has 0 spiro atoms. The van der Waals surface area contributed by atoms with Gasteiger partial charge >= 0.3 is 5.97 Å². The third kappa shape index (κ3) is 2.13. The van der Waals surface area contributed by atoms with Crippen LogP contribution in [-0.2, 0) is 11.2 Å². The Bertz CT molecular complexity index is 457. The fourth-order valence-electron chi connectivity index (χ4n) is 2.04. The van der Waals surface area contributed by atoms with Crippen LogP contribution in [0.5, 0.6) is 0 Å². The van der Waals surface area contributed by atoms with Gasteiger partial charge in [0.25, 0.3) is 0 Å². The number of carbonyl (C=O) groups is 1. The Kier molecular flexibility index (Phi) is 2.83. The van der Waals surface area contributed by atoms with E-state index in [1.54, 1.807) is 0 Å². The van der Waals surface area contributed by atoms with Gasteiger partial charge in [-0.25, -0.2) is 4.79 Å². The molecule has 2 N–H and O–H groups in total. The van der Waals surface area contributed by atoms with Gasteiger partial charge in [0, 0.05) is 32.7 Å². The first kappa shape index (κ1) is 11.9. The lowest BCUT2D eigenvalue weighted by Gasteiger charge is -2.33. The number of cyclic esters (lactones) is 1. The van der Waals surface area contributed by atoms with Gasteiger partial charge in [-0.05, 0) is 30.7 Å². The van der Waals surface area contributed by atoms with Gasteiger partial charge in [0.1, 0.15) is 5.60 Å². The Morgan fingerprint density at radius 1 is 1.47 bits per heavy atom. The van der Waals surface area contributed by atoms with Gasteiger partial charge in [-0.2, -0.15) is 0 Å². The van der Waals surface area contributed by atoms with Crippen LogP contribution in [0.1, 0.15) is 22.8 Å². The maximum absolute atomic E-state index is 11.8. The van der Waals surface area contributed by atoms with Crippen molar-refractivity contribution in [3.8, 4) is 0 Å². The molecule has 1 aromatic carbocycles. The number of nitrogens with zero attached hydrogens (tertiary/aromatic N) is 1. The molecule has 0 fully saturated rings. The molecule has 4 nitrogen and oxygen atoms in total. The molecule has 1 heterocycles. The number of carbonyl (C=O) groups excluding carboxylic acids is 1. The summed E-state index contributed by atoms with van der Waals surface area (Å²) in [6.07, 6.45) is 0.673. The second kappa shape index (κ2) is 4.04. The molecule has 0 saturated carbocycles. The van der Waals surface area contributed by atoms with Crippen molar-refractivity contribution < 1.29 is 9.53 Å². The number of anilines is 1. The molecule has 0 saturated heterocycles. The zero-order valence-corrected chi connectivity index (χ0v) is 10.5. The minimum Gasteiger partial charge on any atom is -0.454 e. The summed E-state index contributed by atoms with van der Waals surface area (Å²) in [6.45, 7) is 2.21. The average Bonchev–Trinajstić information content (AvgIpc) is 2.28. The van der Waals surface area contributed by atoms with E-state index in [0.29, 0.717) is 18.5 Å². The first-order chi connectivity index (χ1) is 7.95. The fourth-order valence-corrected chi connectivity index (χ4v) is 2.04. The van der Waals surface area contributed by atoms with Crippen LogP contribution in [0.2, 0.25) is 0 Å². The van der Waals surface area contributed by atoms with Crippen LogP contribution < -0.4 is 10.6 Å². The average molecular weight is 234 g/mol. The molecule has 0 amide bonds. The smallest absolute Gasteiger partial charge is 0.339 e. The number of hydrogen-bond donors (Lipinski definition) is 1. The topological polar surface area (TPSA) is 55.6 Å². The molecule has 1 unspecified atom stereocenters. The fraction of sp³-hybridized carbons (Fsp3) is 0.462. The van der Waals surface area contributed by atoms with E-state index >= 15 is 0 Å². The van der Waals surface area contributed by atoms with E-state index in [2.05, 4.69) is 0 Å². The van der Waals surface area contributed by atoms with Gasteiger partial charge in [0.2, 0.25) is 0 Å². The van der Waals surface area contributed by atoms with Crippen molar-refractivity contribution in [2.24, 2.45) is 5.73 Å². The van der Waals surface area contributed by atoms with E-state index in [9.17, 15) is 4.79 Å². The summed E-state index contributed by atoms with van der Waals surface area (Å²) in [5.74, 6) is -0.274. The number of rotatable bonds is 2. The lowest BCUT2D eigenvalue weighted by Crippen LogP contribution is -2.45. The summed E-state index contributed by atoms with van der Waals surface area (Å²) in [4.78, 5) is 13.9. The number of hydrogen-bond acceptors (Lipinski definition) is 4. The second-order valence-corrected chi connectivity index (χ2v) is 4.96. The number of benzene rings is 1.